The van der Waals surface area contributed by atoms with Gasteiger partial charge in [-0.1, -0.05) is 0 Å². The first-order chi connectivity index (χ1) is 18.0. The van der Waals surface area contributed by atoms with Gasteiger partial charge in [0.15, 0.2) is 5.76 Å². The van der Waals surface area contributed by atoms with Gasteiger partial charge in [0, 0.05) is 17.7 Å². The van der Waals surface area contributed by atoms with Crippen LogP contribution < -0.4 is 10.2 Å². The molecule has 1 aliphatic heterocycles. The predicted molar refractivity (Wildman–Crippen MR) is 123 cm³/mol. The van der Waals surface area contributed by atoms with Crippen LogP contribution in [0.15, 0.2) is 45.6 Å². The summed E-state index contributed by atoms with van der Waals surface area (Å²) in [5.74, 6) is -4.68. The third-order valence-corrected chi connectivity index (χ3v) is 5.65. The van der Waals surface area contributed by atoms with E-state index in [4.69, 9.17) is 23.7 Å². The summed E-state index contributed by atoms with van der Waals surface area (Å²) in [6.07, 6.45) is -9.97. The van der Waals surface area contributed by atoms with Crippen molar-refractivity contribution in [2.24, 2.45) is 0 Å². The molecule has 14 nitrogen and oxygen atoms in total. The molecule has 5 atom stereocenters. The molecular weight excluding hydrogens is 512 g/mol. The summed E-state index contributed by atoms with van der Waals surface area (Å²) < 4.78 is 21.5. The van der Waals surface area contributed by atoms with Crippen molar-refractivity contribution in [2.45, 2.75) is 37.1 Å². The van der Waals surface area contributed by atoms with Gasteiger partial charge in [-0.3, -0.25) is 14.4 Å². The number of phenols is 3. The molecule has 2 aromatic carbocycles. The van der Waals surface area contributed by atoms with Crippen LogP contribution in [0.1, 0.15) is 6.42 Å². The third kappa shape index (κ3) is 5.33. The second kappa shape index (κ2) is 10.5. The molecule has 3 aromatic rings. The molecule has 1 fully saturated rings. The number of aromatic hydroxyl groups is 3. The lowest BCUT2D eigenvalue weighted by molar-refractivity contribution is -0.278. The Kier molecular flexibility index (Phi) is 7.41. The zero-order valence-electron chi connectivity index (χ0n) is 19.3. The highest BCUT2D eigenvalue weighted by molar-refractivity contribution is 5.90. The Balaban J connectivity index is 1.73. The molecule has 7 N–H and O–H groups in total. The minimum Gasteiger partial charge on any atom is -0.508 e. The van der Waals surface area contributed by atoms with Crippen molar-refractivity contribution >= 4 is 22.9 Å². The Labute approximate surface area is 212 Å². The molecule has 0 aliphatic carbocycles. The first kappa shape index (κ1) is 26.7. The fraction of sp³-hybridized carbons (Fsp3) is 0.292. The summed E-state index contributed by atoms with van der Waals surface area (Å²) >= 11 is 0. The van der Waals surface area contributed by atoms with Crippen molar-refractivity contribution in [1.29, 1.82) is 0 Å². The average molecular weight is 534 g/mol. The van der Waals surface area contributed by atoms with Gasteiger partial charge in [-0.25, -0.2) is 0 Å². The number of carbonyl (C=O) groups excluding carboxylic acids is 1. The number of rotatable bonds is 7. The van der Waals surface area contributed by atoms with Crippen LogP contribution in [-0.4, -0.2) is 85.0 Å². The largest absolute Gasteiger partial charge is 0.508 e. The van der Waals surface area contributed by atoms with Gasteiger partial charge in [-0.15, -0.1) is 0 Å². The second-order valence-corrected chi connectivity index (χ2v) is 8.36. The molecule has 4 rings (SSSR count). The minimum atomic E-state index is -1.94. The minimum absolute atomic E-state index is 0.113. The number of carboxylic acids is 1. The van der Waals surface area contributed by atoms with E-state index in [1.165, 1.54) is 24.3 Å². The van der Waals surface area contributed by atoms with Gasteiger partial charge in [-0.05, 0) is 24.3 Å². The number of carboxylic acid groups (broad SMARTS) is 1. The van der Waals surface area contributed by atoms with Crippen LogP contribution >= 0.6 is 0 Å². The van der Waals surface area contributed by atoms with E-state index < -0.39 is 83.7 Å². The Morgan fingerprint density at radius 1 is 0.921 bits per heavy atom. The van der Waals surface area contributed by atoms with Gasteiger partial charge in [-0.2, -0.15) is 0 Å². The molecule has 0 bridgehead atoms. The van der Waals surface area contributed by atoms with E-state index in [2.05, 4.69) is 0 Å². The van der Waals surface area contributed by atoms with Crippen molar-refractivity contribution in [3.8, 4) is 34.3 Å². The van der Waals surface area contributed by atoms with Crippen molar-refractivity contribution in [3.63, 3.8) is 0 Å². The highest BCUT2D eigenvalue weighted by atomic mass is 16.7. The molecule has 2 heterocycles. The van der Waals surface area contributed by atoms with Crippen LogP contribution in [0.5, 0.6) is 23.0 Å². The molecule has 1 saturated heterocycles. The molecule has 3 unspecified atom stereocenters. The van der Waals surface area contributed by atoms with E-state index in [9.17, 15) is 45.0 Å². The van der Waals surface area contributed by atoms with Crippen molar-refractivity contribution in [3.05, 3.63) is 46.6 Å². The van der Waals surface area contributed by atoms with Crippen LogP contribution in [0.25, 0.3) is 22.3 Å². The molecule has 14 heteroatoms. The topological polar surface area (TPSA) is 234 Å². The average Bonchev–Trinajstić information content (AvgIpc) is 2.84. The predicted octanol–water partition coefficient (Wildman–Crippen LogP) is -0.219. The van der Waals surface area contributed by atoms with Crippen LogP contribution in [0.4, 0.5) is 0 Å². The number of benzene rings is 2. The van der Waals surface area contributed by atoms with Gasteiger partial charge in [0.25, 0.3) is 0 Å². The number of ether oxygens (including phenoxy) is 3. The maximum atomic E-state index is 13.4. The summed E-state index contributed by atoms with van der Waals surface area (Å²) in [6.45, 7) is -0.728. The third-order valence-electron chi connectivity index (χ3n) is 5.65. The summed E-state index contributed by atoms with van der Waals surface area (Å²) in [5, 5.41) is 69.0. The Hall–Kier alpha value is -4.37. The van der Waals surface area contributed by atoms with Gasteiger partial charge < -0.3 is 54.4 Å². The number of esters is 1. The lowest BCUT2D eigenvalue weighted by Crippen LogP contribution is -2.60. The number of aliphatic hydroxyl groups excluding tert-OH is 3. The zero-order valence-corrected chi connectivity index (χ0v) is 19.3. The molecule has 1 aliphatic rings. The van der Waals surface area contributed by atoms with Gasteiger partial charge >= 0.3 is 11.9 Å². The number of fused-ring (bicyclic) bond motifs is 1. The first-order valence-electron chi connectivity index (χ1n) is 11.0. The van der Waals surface area contributed by atoms with Gasteiger partial charge in [0.1, 0.15) is 65.7 Å². The Morgan fingerprint density at radius 3 is 2.26 bits per heavy atom. The van der Waals surface area contributed by atoms with Gasteiger partial charge in [0.2, 0.25) is 17.5 Å². The fourth-order valence-electron chi connectivity index (χ4n) is 3.80. The Morgan fingerprint density at radius 2 is 1.61 bits per heavy atom. The van der Waals surface area contributed by atoms with E-state index in [0.717, 1.165) is 12.1 Å². The summed E-state index contributed by atoms with van der Waals surface area (Å²) in [7, 11) is 0. The molecule has 202 valence electrons. The normalized spacial score (nSPS) is 23.2. The molecule has 0 saturated carbocycles. The Bertz CT molecular complexity index is 1410. The number of phenolic OH excluding ortho intramolecular Hbond substituents is 3. The lowest BCUT2D eigenvalue weighted by Gasteiger charge is -2.39. The highest BCUT2D eigenvalue weighted by Crippen LogP contribution is 2.37. The number of aliphatic carboxylic acids is 1. The monoisotopic (exact) mass is 534 g/mol. The van der Waals surface area contributed by atoms with Gasteiger partial charge in [0.05, 0.1) is 0 Å². The summed E-state index contributed by atoms with van der Waals surface area (Å²) in [6, 6.07) is 7.22. The van der Waals surface area contributed by atoms with Crippen LogP contribution in [0.3, 0.4) is 0 Å². The van der Waals surface area contributed by atoms with E-state index in [0.29, 0.717) is 0 Å². The summed E-state index contributed by atoms with van der Waals surface area (Å²) in [4.78, 5) is 35.6. The molecule has 1 aromatic heterocycles. The highest BCUT2D eigenvalue weighted by Gasteiger charge is 2.46. The van der Waals surface area contributed by atoms with Crippen LogP contribution in [0.2, 0.25) is 0 Å². The molecule has 38 heavy (non-hydrogen) atoms. The standard InChI is InChI=1S/C24H22O14/c25-10-3-1-9(2-4-10)22-23(19(32)17-12(27)5-11(26)6-13(17)36-22)38-24-21(34)20(33)18(31)14(37-24)8-35-16(30)7-15(28)29/h1-6,14,18,20-21,24-27,31,33-34H,7-8H2,(H,28,29)/t14?,18-,20?,21?,24-/m0/s1. The zero-order chi connectivity index (χ0) is 27.7. The maximum absolute atomic E-state index is 13.4. The quantitative estimate of drug-likeness (QED) is 0.153. The SMILES string of the molecule is O=C(O)CC(=O)OCC1O[C@@H](Oc2c(-c3ccc(O)cc3)oc3cc(O)cc(O)c3c2=O)C(O)C(O)[C@H]1O. The van der Waals surface area contributed by atoms with E-state index >= 15 is 0 Å². The number of carbonyl (C=O) groups is 2. The van der Waals surface area contributed by atoms with Crippen molar-refractivity contribution < 1.29 is 64.0 Å². The maximum Gasteiger partial charge on any atom is 0.317 e. The van der Waals surface area contributed by atoms with Crippen LogP contribution in [0, 0.1) is 0 Å². The second-order valence-electron chi connectivity index (χ2n) is 8.36. The van der Waals surface area contributed by atoms with Crippen molar-refractivity contribution in [2.75, 3.05) is 6.61 Å². The van der Waals surface area contributed by atoms with E-state index in [1.54, 1.807) is 0 Å². The van der Waals surface area contributed by atoms with E-state index in [1.807, 2.05) is 0 Å². The molecular formula is C24H22O14. The van der Waals surface area contributed by atoms with E-state index in [-0.39, 0.29) is 22.7 Å². The number of hydrogen-bond acceptors (Lipinski definition) is 13. The van der Waals surface area contributed by atoms with Crippen molar-refractivity contribution in [1.82, 2.24) is 0 Å². The number of hydrogen-bond donors (Lipinski definition) is 7. The first-order valence-corrected chi connectivity index (χ1v) is 11.0. The van der Waals surface area contributed by atoms with Crippen LogP contribution in [-0.2, 0) is 19.1 Å². The molecule has 0 amide bonds. The summed E-state index contributed by atoms with van der Waals surface area (Å²) in [5.41, 5.74) is -1.01. The number of aliphatic hydroxyl groups is 3. The molecule has 0 spiro atoms. The lowest BCUT2D eigenvalue weighted by atomic mass is 9.99. The molecule has 0 radical (unpaired) electrons. The smallest absolute Gasteiger partial charge is 0.317 e. The fourth-order valence-corrected chi connectivity index (χ4v) is 3.80.